The van der Waals surface area contributed by atoms with Crippen LogP contribution in [-0.2, 0) is 9.31 Å². The van der Waals surface area contributed by atoms with Crippen LogP contribution in [0.3, 0.4) is 0 Å². The first-order chi connectivity index (χ1) is 4.52. The number of carbonyl (C=O) groups excluding carboxylic acids is 1. The van der Waals surface area contributed by atoms with Crippen LogP contribution in [0.1, 0.15) is 34.1 Å². The fraction of sp³-hybridized carbons (Fsp3) is 0.857. The molecular formula is C7H14O3. The lowest BCUT2D eigenvalue weighted by molar-refractivity contribution is -1.05. The van der Waals surface area contributed by atoms with E-state index in [4.69, 9.17) is 4.74 Å². The Morgan fingerprint density at radius 2 is 2.10 bits per heavy atom. The molecule has 0 aliphatic heterocycles. The molecule has 10 heavy (non-hydrogen) atoms. The molecule has 0 aliphatic carbocycles. The molecule has 0 spiro atoms. The second kappa shape index (κ2) is 3.44. The summed E-state index contributed by atoms with van der Waals surface area (Å²) in [5.74, 6) is 0.0758. The van der Waals surface area contributed by atoms with E-state index in [9.17, 15) is 5.26 Å². The molecule has 3 heteroatoms. The molecule has 0 aromatic rings. The van der Waals surface area contributed by atoms with Gasteiger partial charge in [0.1, 0.15) is 0 Å². The monoisotopic (exact) mass is 146 g/mol. The van der Waals surface area contributed by atoms with Crippen LogP contribution in [0, 0.1) is 0 Å². The Morgan fingerprint density at radius 1 is 1.60 bits per heavy atom. The average Bonchev–Trinajstić information content (AvgIpc) is 1.87. The van der Waals surface area contributed by atoms with Crippen molar-refractivity contribution in [2.75, 3.05) is 0 Å². The van der Waals surface area contributed by atoms with Crippen LogP contribution in [0.25, 0.3) is 0 Å². The van der Waals surface area contributed by atoms with Crippen molar-refractivity contribution in [3.63, 3.8) is 0 Å². The van der Waals surface area contributed by atoms with Gasteiger partial charge in [-0.25, -0.2) is 0 Å². The maximum Gasteiger partial charge on any atom is 0.494 e. The second-order valence-electron chi connectivity index (χ2n) is 2.79. The Hall–Kier alpha value is -0.730. The van der Waals surface area contributed by atoms with Crippen molar-refractivity contribution >= 4 is 5.97 Å². The quantitative estimate of drug-likeness (QED) is 0.247. The van der Waals surface area contributed by atoms with E-state index in [0.717, 1.165) is 6.42 Å². The summed E-state index contributed by atoms with van der Waals surface area (Å²) in [6.45, 7) is 7.29. The Bertz CT molecular complexity index is 127. The van der Waals surface area contributed by atoms with E-state index in [1.54, 1.807) is 0 Å². The number of hydrogen-bond acceptors (Lipinski definition) is 2. The predicted molar refractivity (Wildman–Crippen MR) is 36.1 cm³/mol. The van der Waals surface area contributed by atoms with Gasteiger partial charge in [-0.2, -0.15) is 0 Å². The zero-order chi connectivity index (χ0) is 8.20. The highest BCUT2D eigenvalue weighted by molar-refractivity contribution is 5.66. The lowest BCUT2D eigenvalue weighted by Gasteiger charge is -2.13. The molecule has 0 radical (unpaired) electrons. The van der Waals surface area contributed by atoms with Crippen LogP contribution in [0.2, 0.25) is 0 Å². The third-order valence-electron chi connectivity index (χ3n) is 1.39. The third-order valence-corrected chi connectivity index (χ3v) is 1.39. The fourth-order valence-electron chi connectivity index (χ4n) is 0.478. The third kappa shape index (κ3) is 3.33. The van der Waals surface area contributed by atoms with E-state index >= 15 is 0 Å². The van der Waals surface area contributed by atoms with Gasteiger partial charge >= 0.3 is 5.97 Å². The molecule has 0 saturated carbocycles. The fourth-order valence-corrected chi connectivity index (χ4v) is 0.478. The molecule has 3 nitrogen and oxygen atoms in total. The summed E-state index contributed by atoms with van der Waals surface area (Å²) in [5.41, 5.74) is -0.297. The molecular weight excluding hydrogens is 132 g/mol. The summed E-state index contributed by atoms with van der Waals surface area (Å²) in [4.78, 5) is 0. The summed E-state index contributed by atoms with van der Waals surface area (Å²) in [6, 6.07) is 0. The van der Waals surface area contributed by atoms with Crippen LogP contribution < -0.4 is 5.26 Å². The molecule has 0 N–H and O–H groups in total. The van der Waals surface area contributed by atoms with Crippen LogP contribution >= 0.6 is 0 Å². The maximum absolute atomic E-state index is 9.76. The molecule has 0 aromatic heterocycles. The topological polar surface area (TPSA) is 43.6 Å². The SMILES string of the molecule is CCC(C)(C)OC(C)=[O+][O-]. The minimum atomic E-state index is -0.297. The van der Waals surface area contributed by atoms with Crippen molar-refractivity contribution in [3.05, 3.63) is 0 Å². The van der Waals surface area contributed by atoms with Crippen LogP contribution in [-0.4, -0.2) is 11.6 Å². The van der Waals surface area contributed by atoms with E-state index in [1.165, 1.54) is 6.92 Å². The van der Waals surface area contributed by atoms with Crippen molar-refractivity contribution in [1.82, 2.24) is 0 Å². The summed E-state index contributed by atoms with van der Waals surface area (Å²) in [7, 11) is 0. The van der Waals surface area contributed by atoms with Crippen LogP contribution in [0.5, 0.6) is 0 Å². The van der Waals surface area contributed by atoms with Crippen LogP contribution in [0.15, 0.2) is 0 Å². The van der Waals surface area contributed by atoms with Gasteiger partial charge in [-0.15, -0.1) is 0 Å². The first-order valence-corrected chi connectivity index (χ1v) is 3.34. The van der Waals surface area contributed by atoms with E-state index in [1.807, 2.05) is 20.8 Å². The van der Waals surface area contributed by atoms with Crippen molar-refractivity contribution in [2.45, 2.75) is 39.7 Å². The number of esters is 1. The lowest BCUT2D eigenvalue weighted by Crippen LogP contribution is -2.27. The molecule has 0 saturated heterocycles. The van der Waals surface area contributed by atoms with E-state index < -0.39 is 0 Å². The summed E-state index contributed by atoms with van der Waals surface area (Å²) >= 11 is 0. The molecule has 0 heterocycles. The minimum Gasteiger partial charge on any atom is -0.588 e. The predicted octanol–water partition coefficient (Wildman–Crippen LogP) is 0.549. The molecule has 0 aromatic carbocycles. The van der Waals surface area contributed by atoms with Gasteiger partial charge in [-0.05, 0) is 0 Å². The van der Waals surface area contributed by atoms with Gasteiger partial charge < -0.3 is 9.99 Å². The molecule has 0 atom stereocenters. The normalized spacial score (nSPS) is 13.4. The molecule has 60 valence electrons. The summed E-state index contributed by atoms with van der Waals surface area (Å²) in [6.07, 6.45) is 0.841. The van der Waals surface area contributed by atoms with E-state index in [0.29, 0.717) is 0 Å². The Balaban J connectivity index is 3.88. The van der Waals surface area contributed by atoms with Gasteiger partial charge in [0, 0.05) is 20.3 Å². The van der Waals surface area contributed by atoms with Crippen molar-refractivity contribution in [1.29, 1.82) is 0 Å². The highest BCUT2D eigenvalue weighted by Crippen LogP contribution is 2.12. The van der Waals surface area contributed by atoms with Crippen molar-refractivity contribution < 1.29 is 14.6 Å². The molecule has 0 bridgehead atoms. The standard InChI is InChI=1S/C7H14O3/c1-5-7(3,4)9-6(2)10-8/h5H2,1-4H3. The largest absolute Gasteiger partial charge is 0.588 e. The molecule has 0 aliphatic rings. The second-order valence-corrected chi connectivity index (χ2v) is 2.79. The molecule has 0 rings (SSSR count). The zero-order valence-corrected chi connectivity index (χ0v) is 6.93. The number of rotatable bonds is 2. The van der Waals surface area contributed by atoms with Gasteiger partial charge in [0.25, 0.3) is 0 Å². The van der Waals surface area contributed by atoms with Gasteiger partial charge in [-0.3, -0.25) is 4.58 Å². The Kier molecular flexibility index (Phi) is 3.19. The smallest absolute Gasteiger partial charge is 0.494 e. The molecule has 0 amide bonds. The lowest BCUT2D eigenvalue weighted by atomic mass is 10.1. The summed E-state index contributed by atoms with van der Waals surface area (Å²) < 4.78 is 8.75. The van der Waals surface area contributed by atoms with Crippen LogP contribution in [0.4, 0.5) is 0 Å². The van der Waals surface area contributed by atoms with E-state index in [-0.39, 0.29) is 11.6 Å². The molecule has 0 unspecified atom stereocenters. The zero-order valence-electron chi connectivity index (χ0n) is 6.93. The van der Waals surface area contributed by atoms with Gasteiger partial charge in [0.2, 0.25) is 0 Å². The van der Waals surface area contributed by atoms with Gasteiger partial charge in [-0.1, -0.05) is 6.92 Å². The number of ether oxygens (including phenoxy) is 1. The average molecular weight is 146 g/mol. The highest BCUT2D eigenvalue weighted by atomic mass is 17.1. The van der Waals surface area contributed by atoms with Gasteiger partial charge in [0.15, 0.2) is 5.60 Å². The van der Waals surface area contributed by atoms with Crippen molar-refractivity contribution in [3.8, 4) is 0 Å². The highest BCUT2D eigenvalue weighted by Gasteiger charge is 2.26. The first kappa shape index (κ1) is 9.27. The van der Waals surface area contributed by atoms with Crippen molar-refractivity contribution in [2.24, 2.45) is 0 Å². The Labute approximate surface area is 61.2 Å². The minimum absolute atomic E-state index is 0.0758. The summed E-state index contributed by atoms with van der Waals surface area (Å²) in [5, 5.41) is 9.76. The van der Waals surface area contributed by atoms with E-state index in [2.05, 4.69) is 4.58 Å². The Morgan fingerprint density at radius 3 is 2.40 bits per heavy atom. The number of hydrogen-bond donors (Lipinski definition) is 0. The van der Waals surface area contributed by atoms with Gasteiger partial charge in [0.05, 0.1) is 6.92 Å². The maximum atomic E-state index is 9.76. The molecule has 0 fully saturated rings. The first-order valence-electron chi connectivity index (χ1n) is 3.34.